The summed E-state index contributed by atoms with van der Waals surface area (Å²) in [6.07, 6.45) is 3.08. The van der Waals surface area contributed by atoms with Crippen LogP contribution in [-0.2, 0) is 29.3 Å². The summed E-state index contributed by atoms with van der Waals surface area (Å²) in [5.74, 6) is 1.66. The number of hydrogen-bond donors (Lipinski definition) is 0. The van der Waals surface area contributed by atoms with Crippen LogP contribution in [0.4, 0.5) is 0 Å². The lowest BCUT2D eigenvalue weighted by Crippen LogP contribution is -2.48. The lowest BCUT2D eigenvalue weighted by molar-refractivity contribution is 0.186. The molecule has 34 heavy (non-hydrogen) atoms. The highest BCUT2D eigenvalue weighted by Crippen LogP contribution is 2.51. The molecule has 0 spiro atoms. The van der Waals surface area contributed by atoms with Crippen LogP contribution >= 0.6 is 0 Å². The zero-order valence-electron chi connectivity index (χ0n) is 20.0. The Balaban J connectivity index is 1.59. The molecule has 1 aliphatic carbocycles. The standard InChI is InChI=1S/C28H31NO4S/c1-20-10-12-24(13-11-20)34(30,31)29-15-14-28(18-21-6-4-8-23(16-21)32-2)19-22-7-5-9-26(33-3)25(22)17-27(28)29/h4-13,16,27H,14-15,17-19H2,1-3H3/t27-,28-/m1/s1. The van der Waals surface area contributed by atoms with Crippen LogP contribution in [0, 0.1) is 12.3 Å². The van der Waals surface area contributed by atoms with Gasteiger partial charge in [0.1, 0.15) is 11.5 Å². The molecule has 1 saturated heterocycles. The van der Waals surface area contributed by atoms with Crippen molar-refractivity contribution >= 4 is 10.0 Å². The summed E-state index contributed by atoms with van der Waals surface area (Å²) in [5, 5.41) is 0. The lowest BCUT2D eigenvalue weighted by atomic mass is 9.65. The van der Waals surface area contributed by atoms with Crippen molar-refractivity contribution in [2.24, 2.45) is 5.41 Å². The van der Waals surface area contributed by atoms with Gasteiger partial charge in [-0.1, -0.05) is 42.0 Å². The second kappa shape index (κ2) is 8.75. The van der Waals surface area contributed by atoms with Crippen molar-refractivity contribution in [1.82, 2.24) is 4.31 Å². The van der Waals surface area contributed by atoms with E-state index in [1.165, 1.54) is 11.1 Å². The smallest absolute Gasteiger partial charge is 0.243 e. The van der Waals surface area contributed by atoms with Gasteiger partial charge in [0.05, 0.1) is 19.1 Å². The summed E-state index contributed by atoms with van der Waals surface area (Å²) in [6.45, 7) is 2.48. The van der Waals surface area contributed by atoms with Gasteiger partial charge in [0, 0.05) is 12.6 Å². The number of benzene rings is 3. The molecule has 3 aromatic rings. The summed E-state index contributed by atoms with van der Waals surface area (Å²) in [7, 11) is -0.264. The number of aryl methyl sites for hydroxylation is 1. The first-order chi connectivity index (χ1) is 16.4. The minimum absolute atomic E-state index is 0.145. The molecule has 0 radical (unpaired) electrons. The Kier molecular flexibility index (Phi) is 5.90. The normalized spacial score (nSPS) is 22.1. The highest BCUT2D eigenvalue weighted by atomic mass is 32.2. The molecule has 6 heteroatoms. The first-order valence-electron chi connectivity index (χ1n) is 11.7. The monoisotopic (exact) mass is 477 g/mol. The molecule has 5 nitrogen and oxygen atoms in total. The minimum Gasteiger partial charge on any atom is -0.497 e. The van der Waals surface area contributed by atoms with Gasteiger partial charge >= 0.3 is 0 Å². The van der Waals surface area contributed by atoms with Crippen molar-refractivity contribution in [1.29, 1.82) is 0 Å². The van der Waals surface area contributed by atoms with Crippen molar-refractivity contribution in [2.45, 2.75) is 43.5 Å². The van der Waals surface area contributed by atoms with E-state index in [2.05, 4.69) is 18.2 Å². The van der Waals surface area contributed by atoms with Gasteiger partial charge in [-0.25, -0.2) is 8.42 Å². The number of rotatable bonds is 6. The number of ether oxygens (including phenoxy) is 2. The molecule has 0 N–H and O–H groups in total. The highest BCUT2D eigenvalue weighted by Gasteiger charge is 2.53. The summed E-state index contributed by atoms with van der Waals surface area (Å²) in [5.41, 5.74) is 4.41. The number of methoxy groups -OCH3 is 2. The number of hydrogen-bond acceptors (Lipinski definition) is 4. The van der Waals surface area contributed by atoms with Crippen LogP contribution in [0.3, 0.4) is 0 Å². The van der Waals surface area contributed by atoms with Gasteiger partial charge in [-0.05, 0) is 85.0 Å². The van der Waals surface area contributed by atoms with Crippen LogP contribution in [-0.4, -0.2) is 39.5 Å². The first kappa shape index (κ1) is 22.9. The van der Waals surface area contributed by atoms with Gasteiger partial charge in [-0.2, -0.15) is 4.31 Å². The average Bonchev–Trinajstić information content (AvgIpc) is 3.21. The predicted octanol–water partition coefficient (Wildman–Crippen LogP) is 4.80. The Morgan fingerprint density at radius 2 is 1.76 bits per heavy atom. The second-order valence-electron chi connectivity index (χ2n) is 9.56. The minimum atomic E-state index is -3.62. The van der Waals surface area contributed by atoms with Crippen LogP contribution in [0.1, 0.15) is 28.7 Å². The van der Waals surface area contributed by atoms with Crippen LogP contribution < -0.4 is 9.47 Å². The first-order valence-corrected chi connectivity index (χ1v) is 13.2. The average molecular weight is 478 g/mol. The van der Waals surface area contributed by atoms with Crippen molar-refractivity contribution in [3.05, 3.63) is 89.0 Å². The fraction of sp³-hybridized carbons (Fsp3) is 0.357. The van der Waals surface area contributed by atoms with E-state index in [1.54, 1.807) is 30.7 Å². The molecule has 0 bridgehead atoms. The van der Waals surface area contributed by atoms with Crippen LogP contribution in [0.25, 0.3) is 0 Å². The summed E-state index contributed by atoms with van der Waals surface area (Å²) in [4.78, 5) is 0.362. The molecule has 0 amide bonds. The van der Waals surface area contributed by atoms with E-state index in [0.29, 0.717) is 17.9 Å². The van der Waals surface area contributed by atoms with Gasteiger partial charge in [0.25, 0.3) is 0 Å². The Bertz CT molecular complexity index is 1300. The van der Waals surface area contributed by atoms with E-state index in [0.717, 1.165) is 41.9 Å². The Morgan fingerprint density at radius 1 is 1.00 bits per heavy atom. The molecule has 0 unspecified atom stereocenters. The Labute approximate surface area is 202 Å². The second-order valence-corrected chi connectivity index (χ2v) is 11.5. The zero-order chi connectivity index (χ0) is 23.9. The van der Waals surface area contributed by atoms with Crippen molar-refractivity contribution < 1.29 is 17.9 Å². The largest absolute Gasteiger partial charge is 0.497 e. The third-order valence-corrected chi connectivity index (χ3v) is 9.51. The number of sulfonamides is 1. The SMILES string of the molecule is COc1cccc(C[C@@]23CCN(S(=O)(=O)c4ccc(C)cc4)[C@@H]2Cc2c(cccc2OC)C3)c1. The van der Waals surface area contributed by atoms with Crippen molar-refractivity contribution in [3.63, 3.8) is 0 Å². The molecule has 2 aliphatic rings. The van der Waals surface area contributed by atoms with E-state index in [-0.39, 0.29) is 11.5 Å². The number of nitrogens with zero attached hydrogens (tertiary/aromatic N) is 1. The van der Waals surface area contributed by atoms with Gasteiger partial charge in [-0.15, -0.1) is 0 Å². The van der Waals surface area contributed by atoms with Gasteiger partial charge < -0.3 is 9.47 Å². The molecule has 0 aromatic heterocycles. The topological polar surface area (TPSA) is 55.8 Å². The lowest BCUT2D eigenvalue weighted by Gasteiger charge is -2.43. The summed E-state index contributed by atoms with van der Waals surface area (Å²) < 4.78 is 40.6. The fourth-order valence-electron chi connectivity index (χ4n) is 5.85. The van der Waals surface area contributed by atoms with Gasteiger partial charge in [0.15, 0.2) is 0 Å². The van der Waals surface area contributed by atoms with Gasteiger partial charge in [0.2, 0.25) is 10.0 Å². The van der Waals surface area contributed by atoms with E-state index < -0.39 is 10.0 Å². The van der Waals surface area contributed by atoms with E-state index >= 15 is 0 Å². The molecule has 2 atom stereocenters. The molecular weight excluding hydrogens is 446 g/mol. The van der Waals surface area contributed by atoms with Crippen LogP contribution in [0.2, 0.25) is 0 Å². The highest BCUT2D eigenvalue weighted by molar-refractivity contribution is 7.89. The summed E-state index contributed by atoms with van der Waals surface area (Å²) >= 11 is 0. The third-order valence-electron chi connectivity index (χ3n) is 7.59. The van der Waals surface area contributed by atoms with Crippen molar-refractivity contribution in [3.8, 4) is 11.5 Å². The molecule has 1 aliphatic heterocycles. The molecular formula is C28H31NO4S. The number of fused-ring (bicyclic) bond motifs is 2. The fourth-order valence-corrected chi connectivity index (χ4v) is 7.56. The molecule has 0 saturated carbocycles. The molecule has 3 aromatic carbocycles. The van der Waals surface area contributed by atoms with E-state index in [9.17, 15) is 8.42 Å². The molecule has 5 rings (SSSR count). The summed E-state index contributed by atoms with van der Waals surface area (Å²) in [6, 6.07) is 21.4. The molecule has 1 fully saturated rings. The Morgan fingerprint density at radius 3 is 2.50 bits per heavy atom. The van der Waals surface area contributed by atoms with E-state index in [4.69, 9.17) is 9.47 Å². The Hall–Kier alpha value is -2.83. The predicted molar refractivity (Wildman–Crippen MR) is 133 cm³/mol. The maximum absolute atomic E-state index is 13.8. The molecule has 1 heterocycles. The quantitative estimate of drug-likeness (QED) is 0.512. The zero-order valence-corrected chi connectivity index (χ0v) is 20.8. The van der Waals surface area contributed by atoms with Crippen molar-refractivity contribution in [2.75, 3.05) is 20.8 Å². The van der Waals surface area contributed by atoms with Crippen LogP contribution in [0.15, 0.2) is 71.6 Å². The van der Waals surface area contributed by atoms with Crippen LogP contribution in [0.5, 0.6) is 11.5 Å². The third kappa shape index (κ3) is 3.89. The maximum Gasteiger partial charge on any atom is 0.243 e. The van der Waals surface area contributed by atoms with E-state index in [1.807, 2.05) is 43.3 Å². The van der Waals surface area contributed by atoms with Gasteiger partial charge in [-0.3, -0.25) is 0 Å². The molecule has 178 valence electrons. The maximum atomic E-state index is 13.8.